The zero-order chi connectivity index (χ0) is 9.40. The smallest absolute Gasteiger partial charge is 0.133 e. The average Bonchev–Trinajstić information content (AvgIpc) is 2.03. The first kappa shape index (κ1) is 11.6. The third-order valence-corrected chi connectivity index (χ3v) is 1.91. The maximum absolute atomic E-state index is 10.3. The van der Waals surface area contributed by atoms with Gasteiger partial charge in [0.1, 0.15) is 6.29 Å². The average molecular weight is 172 g/mol. The molecule has 0 heterocycles. The van der Waals surface area contributed by atoms with Crippen molar-refractivity contribution in [2.45, 2.75) is 26.3 Å². The molecule has 3 heteroatoms. The summed E-state index contributed by atoms with van der Waals surface area (Å²) in [7, 11) is 1.94. The van der Waals surface area contributed by atoms with Gasteiger partial charge in [0, 0.05) is 12.6 Å². The number of nitrogens with one attached hydrogen (secondary N) is 1. The topological polar surface area (TPSA) is 32.3 Å². The first-order valence-corrected chi connectivity index (χ1v) is 4.54. The van der Waals surface area contributed by atoms with Crippen LogP contribution in [0.15, 0.2) is 0 Å². The Kier molecular flexibility index (Phi) is 7.00. The number of hydrogen-bond acceptors (Lipinski definition) is 3. The second kappa shape index (κ2) is 7.25. The molecule has 0 fully saturated rings. The Morgan fingerprint density at radius 3 is 2.58 bits per heavy atom. The normalized spacial score (nSPS) is 11.1. The van der Waals surface area contributed by atoms with E-state index in [1.807, 2.05) is 7.05 Å². The van der Waals surface area contributed by atoms with E-state index in [0.717, 1.165) is 25.8 Å². The molecule has 0 radical (unpaired) electrons. The van der Waals surface area contributed by atoms with E-state index in [0.29, 0.717) is 12.6 Å². The highest BCUT2D eigenvalue weighted by Gasteiger charge is 2.06. The second-order valence-electron chi connectivity index (χ2n) is 3.21. The number of carbonyl (C=O) groups is 1. The van der Waals surface area contributed by atoms with Gasteiger partial charge in [-0.1, -0.05) is 0 Å². The molecule has 0 amide bonds. The maximum Gasteiger partial charge on any atom is 0.133 e. The van der Waals surface area contributed by atoms with Gasteiger partial charge >= 0.3 is 0 Å². The fourth-order valence-corrected chi connectivity index (χ4v) is 1.11. The molecule has 1 N–H and O–H groups in total. The third-order valence-electron chi connectivity index (χ3n) is 1.91. The van der Waals surface area contributed by atoms with Crippen LogP contribution in [0.1, 0.15) is 20.3 Å². The van der Waals surface area contributed by atoms with Crippen molar-refractivity contribution >= 4 is 6.29 Å². The molecule has 72 valence electrons. The Bertz CT molecular complexity index is 115. The molecular formula is C9H20N2O. The standard InChI is InChI=1S/C9H20N2O/c1-9(2)11(7-8-12)6-4-5-10-3/h8-10H,4-7H2,1-3H3. The SMILES string of the molecule is CNCCCN(CC=O)C(C)C. The first-order valence-electron chi connectivity index (χ1n) is 4.54. The van der Waals surface area contributed by atoms with E-state index in [9.17, 15) is 4.79 Å². The maximum atomic E-state index is 10.3. The van der Waals surface area contributed by atoms with E-state index < -0.39 is 0 Å². The molecule has 0 spiro atoms. The van der Waals surface area contributed by atoms with E-state index in [1.165, 1.54) is 0 Å². The van der Waals surface area contributed by atoms with Gasteiger partial charge in [-0.2, -0.15) is 0 Å². The highest BCUT2D eigenvalue weighted by atomic mass is 16.1. The molecule has 3 nitrogen and oxygen atoms in total. The van der Waals surface area contributed by atoms with Gasteiger partial charge in [0.2, 0.25) is 0 Å². The molecule has 0 aliphatic carbocycles. The minimum Gasteiger partial charge on any atom is -0.320 e. The highest BCUT2D eigenvalue weighted by Crippen LogP contribution is 1.97. The van der Waals surface area contributed by atoms with Gasteiger partial charge in [-0.05, 0) is 33.9 Å². The van der Waals surface area contributed by atoms with E-state index in [-0.39, 0.29) is 0 Å². The summed E-state index contributed by atoms with van der Waals surface area (Å²) < 4.78 is 0. The van der Waals surface area contributed by atoms with Crippen molar-refractivity contribution in [3.8, 4) is 0 Å². The summed E-state index contributed by atoms with van der Waals surface area (Å²) in [5, 5.41) is 3.09. The van der Waals surface area contributed by atoms with Crippen LogP contribution in [0.4, 0.5) is 0 Å². The van der Waals surface area contributed by atoms with Crippen LogP contribution in [-0.4, -0.2) is 43.9 Å². The highest BCUT2D eigenvalue weighted by molar-refractivity contribution is 5.52. The van der Waals surface area contributed by atoms with Crippen molar-refractivity contribution in [3.05, 3.63) is 0 Å². The molecule has 0 atom stereocenters. The first-order chi connectivity index (χ1) is 5.72. The fourth-order valence-electron chi connectivity index (χ4n) is 1.11. The van der Waals surface area contributed by atoms with Crippen LogP contribution in [0, 0.1) is 0 Å². The molecule has 0 saturated carbocycles. The quantitative estimate of drug-likeness (QED) is 0.448. The Balaban J connectivity index is 3.55. The zero-order valence-electron chi connectivity index (χ0n) is 8.34. The third kappa shape index (κ3) is 5.27. The molecule has 0 aromatic heterocycles. The summed E-state index contributed by atoms with van der Waals surface area (Å²) in [6.45, 7) is 6.80. The Labute approximate surface area is 75.1 Å². The van der Waals surface area contributed by atoms with Gasteiger partial charge in [-0.15, -0.1) is 0 Å². The summed E-state index contributed by atoms with van der Waals surface area (Å²) in [5.74, 6) is 0. The van der Waals surface area contributed by atoms with Crippen molar-refractivity contribution in [1.29, 1.82) is 0 Å². The van der Waals surface area contributed by atoms with Crippen LogP contribution >= 0.6 is 0 Å². The van der Waals surface area contributed by atoms with Crippen LogP contribution < -0.4 is 5.32 Å². The molecule has 0 saturated heterocycles. The van der Waals surface area contributed by atoms with Crippen LogP contribution in [0.2, 0.25) is 0 Å². The van der Waals surface area contributed by atoms with Gasteiger partial charge in [0.15, 0.2) is 0 Å². The fraction of sp³-hybridized carbons (Fsp3) is 0.889. The molecule has 0 bridgehead atoms. The molecule has 0 rings (SSSR count). The van der Waals surface area contributed by atoms with Gasteiger partial charge in [0.25, 0.3) is 0 Å². The van der Waals surface area contributed by atoms with Crippen LogP contribution in [0.3, 0.4) is 0 Å². The largest absolute Gasteiger partial charge is 0.320 e. The van der Waals surface area contributed by atoms with Crippen molar-refractivity contribution in [2.75, 3.05) is 26.7 Å². The summed E-state index contributed by atoms with van der Waals surface area (Å²) in [4.78, 5) is 12.5. The van der Waals surface area contributed by atoms with E-state index >= 15 is 0 Å². The molecule has 0 aromatic rings. The lowest BCUT2D eigenvalue weighted by Gasteiger charge is -2.23. The van der Waals surface area contributed by atoms with Crippen LogP contribution in [-0.2, 0) is 4.79 Å². The molecule has 0 aromatic carbocycles. The lowest BCUT2D eigenvalue weighted by Crippen LogP contribution is -2.34. The molecular weight excluding hydrogens is 152 g/mol. The minimum atomic E-state index is 0.465. The number of hydrogen-bond donors (Lipinski definition) is 1. The number of carbonyl (C=O) groups excluding carboxylic acids is 1. The van der Waals surface area contributed by atoms with Crippen molar-refractivity contribution in [1.82, 2.24) is 10.2 Å². The van der Waals surface area contributed by atoms with Crippen molar-refractivity contribution in [2.24, 2.45) is 0 Å². The van der Waals surface area contributed by atoms with E-state index in [2.05, 4.69) is 24.1 Å². The van der Waals surface area contributed by atoms with Gasteiger partial charge in [-0.3, -0.25) is 4.90 Å². The predicted molar refractivity (Wildman–Crippen MR) is 51.3 cm³/mol. The van der Waals surface area contributed by atoms with Crippen LogP contribution in [0.25, 0.3) is 0 Å². The summed E-state index contributed by atoms with van der Waals surface area (Å²) in [5.41, 5.74) is 0. The Hall–Kier alpha value is -0.410. The van der Waals surface area contributed by atoms with Gasteiger partial charge in [0.05, 0.1) is 6.54 Å². The molecule has 0 aliphatic heterocycles. The zero-order valence-corrected chi connectivity index (χ0v) is 8.34. The number of aldehydes is 1. The number of nitrogens with zero attached hydrogens (tertiary/aromatic N) is 1. The second-order valence-corrected chi connectivity index (χ2v) is 3.21. The van der Waals surface area contributed by atoms with Crippen LogP contribution in [0.5, 0.6) is 0 Å². The summed E-state index contributed by atoms with van der Waals surface area (Å²) in [6.07, 6.45) is 2.07. The van der Waals surface area contributed by atoms with Crippen molar-refractivity contribution in [3.63, 3.8) is 0 Å². The molecule has 0 unspecified atom stereocenters. The Morgan fingerprint density at radius 2 is 2.17 bits per heavy atom. The molecule has 12 heavy (non-hydrogen) atoms. The van der Waals surface area contributed by atoms with E-state index in [4.69, 9.17) is 0 Å². The van der Waals surface area contributed by atoms with Gasteiger partial charge in [-0.25, -0.2) is 0 Å². The van der Waals surface area contributed by atoms with Crippen molar-refractivity contribution < 1.29 is 4.79 Å². The summed E-state index contributed by atoms with van der Waals surface area (Å²) in [6, 6.07) is 0.465. The Morgan fingerprint density at radius 1 is 1.50 bits per heavy atom. The van der Waals surface area contributed by atoms with E-state index in [1.54, 1.807) is 0 Å². The monoisotopic (exact) mass is 172 g/mol. The van der Waals surface area contributed by atoms with Gasteiger partial charge < -0.3 is 10.1 Å². The minimum absolute atomic E-state index is 0.465. The lowest BCUT2D eigenvalue weighted by atomic mass is 10.3. The predicted octanol–water partition coefficient (Wildman–Crippen LogP) is 0.505. The molecule has 0 aliphatic rings. The number of rotatable bonds is 7. The summed E-state index contributed by atoms with van der Waals surface area (Å²) >= 11 is 0. The lowest BCUT2D eigenvalue weighted by molar-refractivity contribution is -0.109.